The second-order valence-corrected chi connectivity index (χ2v) is 14.6. The Morgan fingerprint density at radius 3 is 2.69 bits per heavy atom. The van der Waals surface area contributed by atoms with Gasteiger partial charge in [0.15, 0.2) is 0 Å². The molecular formula is C38H51N7O4. The smallest absolute Gasteiger partial charge is 0.407 e. The number of ether oxygens (including phenoxy) is 3. The van der Waals surface area contributed by atoms with Crippen molar-refractivity contribution in [3.05, 3.63) is 53.2 Å². The second kappa shape index (κ2) is 13.9. The average Bonchev–Trinajstić information content (AvgIpc) is 3.81. The maximum atomic E-state index is 12.2. The molecule has 0 unspecified atom stereocenters. The number of methoxy groups -OCH3 is 1. The van der Waals surface area contributed by atoms with Crippen molar-refractivity contribution < 1.29 is 19.0 Å². The van der Waals surface area contributed by atoms with Crippen molar-refractivity contribution in [2.45, 2.75) is 88.5 Å². The molecule has 3 aromatic rings. The van der Waals surface area contributed by atoms with Gasteiger partial charge in [0.25, 0.3) is 0 Å². The third-order valence-electron chi connectivity index (χ3n) is 11.7. The Hall–Kier alpha value is -3.67. The van der Waals surface area contributed by atoms with E-state index in [9.17, 15) is 4.79 Å². The third kappa shape index (κ3) is 6.41. The highest BCUT2D eigenvalue weighted by Crippen LogP contribution is 2.43. The number of piperazine rings is 1. The molecule has 0 spiro atoms. The summed E-state index contributed by atoms with van der Waals surface area (Å²) in [6.07, 6.45) is 8.15. The molecule has 5 aliphatic heterocycles. The highest BCUT2D eigenvalue weighted by atomic mass is 16.5. The highest BCUT2D eigenvalue weighted by Gasteiger charge is 2.50. The largest absolute Gasteiger partial charge is 0.461 e. The molecule has 0 radical (unpaired) electrons. The van der Waals surface area contributed by atoms with E-state index in [4.69, 9.17) is 24.2 Å². The summed E-state index contributed by atoms with van der Waals surface area (Å²) in [7, 11) is 1.62. The predicted molar refractivity (Wildman–Crippen MR) is 191 cm³/mol. The first-order valence-electron chi connectivity index (χ1n) is 18.5. The molecule has 262 valence electrons. The molecule has 0 saturated carbocycles. The molecule has 4 atom stereocenters. The monoisotopic (exact) mass is 669 g/mol. The van der Waals surface area contributed by atoms with E-state index in [2.05, 4.69) is 68.7 Å². The minimum Gasteiger partial charge on any atom is -0.461 e. The summed E-state index contributed by atoms with van der Waals surface area (Å²) >= 11 is 0. The number of hydrogen-bond donors (Lipinski definition) is 2. The Balaban J connectivity index is 1.04. The molecule has 2 N–H and O–H groups in total. The number of carbonyl (C=O) groups excluding carboxylic acids is 1. The number of carbonyl (C=O) groups is 1. The summed E-state index contributed by atoms with van der Waals surface area (Å²) < 4.78 is 17.3. The first kappa shape index (κ1) is 32.5. The van der Waals surface area contributed by atoms with Gasteiger partial charge in [0.2, 0.25) is 0 Å². The second-order valence-electron chi connectivity index (χ2n) is 14.6. The topological polar surface area (TPSA) is 104 Å². The van der Waals surface area contributed by atoms with Crippen LogP contribution in [0.3, 0.4) is 0 Å². The normalized spacial score (nSPS) is 26.2. The number of anilines is 2. The predicted octanol–water partition coefficient (Wildman–Crippen LogP) is 4.44. The van der Waals surface area contributed by atoms with E-state index < -0.39 is 0 Å². The number of benzene rings is 2. The van der Waals surface area contributed by atoms with Crippen LogP contribution in [0.2, 0.25) is 0 Å². The van der Waals surface area contributed by atoms with Crippen LogP contribution in [0.15, 0.2) is 36.4 Å². The Kier molecular flexibility index (Phi) is 9.24. The van der Waals surface area contributed by atoms with E-state index in [1.165, 1.54) is 40.4 Å². The maximum absolute atomic E-state index is 12.2. The molecule has 0 aliphatic carbocycles. The summed E-state index contributed by atoms with van der Waals surface area (Å²) in [6, 6.07) is 15.1. The fourth-order valence-corrected chi connectivity index (χ4v) is 9.31. The van der Waals surface area contributed by atoms with Crippen LogP contribution in [0.25, 0.3) is 10.8 Å². The molecule has 8 rings (SSSR count). The van der Waals surface area contributed by atoms with Crippen molar-refractivity contribution in [2.75, 3.05) is 69.5 Å². The van der Waals surface area contributed by atoms with Gasteiger partial charge < -0.3 is 34.6 Å². The van der Waals surface area contributed by atoms with Gasteiger partial charge in [-0.25, -0.2) is 4.79 Å². The fraction of sp³-hybridized carbons (Fsp3) is 0.605. The van der Waals surface area contributed by atoms with Crippen LogP contribution < -0.4 is 25.2 Å². The SMILES string of the molecule is CCc1cccc2cccc(N3CCc4c(nc(OC[C@]56CCCN5[C@@H](COC(=O)NCCOC)CC6)nc4N4C[C@H]5CC[C@@H](C4)N5)C3)c12. The summed E-state index contributed by atoms with van der Waals surface area (Å²) in [5.41, 5.74) is 4.95. The van der Waals surface area contributed by atoms with E-state index in [1.807, 2.05) is 0 Å². The van der Waals surface area contributed by atoms with Crippen molar-refractivity contribution in [1.29, 1.82) is 0 Å². The quantitative estimate of drug-likeness (QED) is 0.285. The Morgan fingerprint density at radius 2 is 1.88 bits per heavy atom. The van der Waals surface area contributed by atoms with Crippen molar-refractivity contribution in [3.63, 3.8) is 0 Å². The van der Waals surface area contributed by atoms with Crippen molar-refractivity contribution in [1.82, 2.24) is 25.5 Å². The van der Waals surface area contributed by atoms with Crippen molar-refractivity contribution in [3.8, 4) is 6.01 Å². The number of rotatable bonds is 11. The molecule has 2 aromatic carbocycles. The van der Waals surface area contributed by atoms with Gasteiger partial charge in [0.1, 0.15) is 19.0 Å². The van der Waals surface area contributed by atoms with Crippen LogP contribution >= 0.6 is 0 Å². The number of amides is 1. The van der Waals surface area contributed by atoms with Gasteiger partial charge in [-0.2, -0.15) is 9.97 Å². The number of alkyl carbamates (subject to hydrolysis) is 1. The lowest BCUT2D eigenvalue weighted by Gasteiger charge is -2.38. The molecule has 5 aliphatic rings. The van der Waals surface area contributed by atoms with Gasteiger partial charge in [-0.3, -0.25) is 4.90 Å². The molecule has 11 heteroatoms. The third-order valence-corrected chi connectivity index (χ3v) is 11.7. The van der Waals surface area contributed by atoms with E-state index in [0.29, 0.717) is 44.5 Å². The summed E-state index contributed by atoms with van der Waals surface area (Å²) in [6.45, 7) is 8.69. The summed E-state index contributed by atoms with van der Waals surface area (Å²) in [5, 5.41) is 9.20. The standard InChI is InChI=1S/C38H51N7O4/c1-3-26-7-4-8-27-9-5-10-33(34(26)27)43-19-14-31-32(23-43)41-36(42-35(31)44-21-28-11-12-29(22-44)40-28)49-25-38-15-6-18-45(38)30(13-16-38)24-48-37(46)39-17-20-47-2/h4-5,7-10,28-30,40H,3,6,11-25H2,1-2H3,(H,39,46)/t28-,29+,30-,38-/m1/s1. The van der Waals surface area contributed by atoms with Gasteiger partial charge in [0, 0.05) is 68.1 Å². The van der Waals surface area contributed by atoms with Gasteiger partial charge in [-0.1, -0.05) is 37.3 Å². The Labute approximate surface area is 289 Å². The van der Waals surface area contributed by atoms with E-state index in [0.717, 1.165) is 82.8 Å². The Morgan fingerprint density at radius 1 is 1.04 bits per heavy atom. The van der Waals surface area contributed by atoms with E-state index in [1.54, 1.807) is 7.11 Å². The summed E-state index contributed by atoms with van der Waals surface area (Å²) in [5.74, 6) is 1.07. The number of fused-ring (bicyclic) bond motifs is 5. The maximum Gasteiger partial charge on any atom is 0.407 e. The van der Waals surface area contributed by atoms with Crippen LogP contribution in [-0.4, -0.2) is 104 Å². The number of aryl methyl sites for hydroxylation is 1. The molecule has 4 saturated heterocycles. The van der Waals surface area contributed by atoms with Gasteiger partial charge >= 0.3 is 12.1 Å². The van der Waals surface area contributed by atoms with Gasteiger partial charge in [0.05, 0.1) is 24.4 Å². The highest BCUT2D eigenvalue weighted by molar-refractivity contribution is 5.97. The minimum absolute atomic E-state index is 0.0837. The lowest BCUT2D eigenvalue weighted by atomic mass is 9.95. The molecular weight excluding hydrogens is 618 g/mol. The van der Waals surface area contributed by atoms with Crippen LogP contribution in [0.4, 0.5) is 16.3 Å². The zero-order chi connectivity index (χ0) is 33.4. The van der Waals surface area contributed by atoms with E-state index >= 15 is 0 Å². The minimum atomic E-state index is -0.384. The lowest BCUT2D eigenvalue weighted by molar-refractivity contribution is 0.0544. The average molecular weight is 670 g/mol. The van der Waals surface area contributed by atoms with Crippen molar-refractivity contribution >= 4 is 28.4 Å². The molecule has 49 heavy (non-hydrogen) atoms. The van der Waals surface area contributed by atoms with Crippen LogP contribution in [0.5, 0.6) is 6.01 Å². The number of nitrogens with one attached hydrogen (secondary N) is 2. The molecule has 4 fully saturated rings. The molecule has 2 bridgehead atoms. The number of hydrogen-bond acceptors (Lipinski definition) is 10. The van der Waals surface area contributed by atoms with Crippen LogP contribution in [0.1, 0.15) is 62.3 Å². The summed E-state index contributed by atoms with van der Waals surface area (Å²) in [4.78, 5) is 30.2. The number of aromatic nitrogens is 2. The van der Waals surface area contributed by atoms with E-state index in [-0.39, 0.29) is 17.7 Å². The van der Waals surface area contributed by atoms with Crippen molar-refractivity contribution in [2.24, 2.45) is 0 Å². The molecule has 1 amide bonds. The van der Waals surface area contributed by atoms with Gasteiger partial charge in [-0.05, 0) is 74.9 Å². The fourth-order valence-electron chi connectivity index (χ4n) is 9.31. The zero-order valence-corrected chi connectivity index (χ0v) is 29.1. The molecule has 11 nitrogen and oxygen atoms in total. The lowest BCUT2D eigenvalue weighted by Crippen LogP contribution is -2.52. The van der Waals surface area contributed by atoms with Gasteiger partial charge in [-0.15, -0.1) is 0 Å². The first-order valence-corrected chi connectivity index (χ1v) is 18.5. The molecule has 6 heterocycles. The number of nitrogens with zero attached hydrogens (tertiary/aromatic N) is 5. The van der Waals surface area contributed by atoms with Crippen LogP contribution in [-0.2, 0) is 28.9 Å². The van der Waals surface area contributed by atoms with Crippen LogP contribution in [0, 0.1) is 0 Å². The first-order chi connectivity index (χ1) is 24.0. The zero-order valence-electron chi connectivity index (χ0n) is 29.1. The molecule has 1 aromatic heterocycles. The Bertz CT molecular complexity index is 1650.